The molecular weight excluding hydrogens is 344 g/mol. The van der Waals surface area contributed by atoms with Gasteiger partial charge in [0.25, 0.3) is 0 Å². The topological polar surface area (TPSA) is 65.7 Å². The van der Waals surface area contributed by atoms with Gasteiger partial charge in [0.15, 0.2) is 0 Å². The molecular formula is C19H15ClO5. The maximum Gasteiger partial charge on any atom is 0.338 e. The first-order chi connectivity index (χ1) is 12.0. The molecule has 0 unspecified atom stereocenters. The molecule has 0 saturated heterocycles. The Morgan fingerprint density at radius 1 is 1.16 bits per heavy atom. The van der Waals surface area contributed by atoms with Crippen LogP contribution in [0.3, 0.4) is 0 Å². The van der Waals surface area contributed by atoms with E-state index in [0.29, 0.717) is 32.9 Å². The first-order valence-corrected chi connectivity index (χ1v) is 7.90. The number of methoxy groups -OCH3 is 1. The molecule has 0 N–H and O–H groups in total. The maximum absolute atomic E-state index is 12.2. The average molecular weight is 359 g/mol. The molecule has 25 heavy (non-hydrogen) atoms. The van der Waals surface area contributed by atoms with Crippen LogP contribution >= 0.6 is 11.6 Å². The van der Waals surface area contributed by atoms with Crippen molar-refractivity contribution in [3.63, 3.8) is 0 Å². The number of carbonyl (C=O) groups is 1. The lowest BCUT2D eigenvalue weighted by Crippen LogP contribution is -2.08. The molecule has 3 aromatic rings. The fourth-order valence-electron chi connectivity index (χ4n) is 2.42. The summed E-state index contributed by atoms with van der Waals surface area (Å²) < 4.78 is 15.6. The van der Waals surface area contributed by atoms with E-state index in [1.54, 1.807) is 43.5 Å². The molecule has 0 atom stereocenters. The number of esters is 1. The second kappa shape index (κ2) is 6.99. The summed E-state index contributed by atoms with van der Waals surface area (Å²) in [5, 5.41) is 1.18. The molecule has 128 valence electrons. The summed E-state index contributed by atoms with van der Waals surface area (Å²) >= 11 is 6.15. The molecule has 0 spiro atoms. The van der Waals surface area contributed by atoms with E-state index < -0.39 is 11.6 Å². The van der Waals surface area contributed by atoms with Crippen LogP contribution in [0.1, 0.15) is 21.5 Å². The largest absolute Gasteiger partial charge is 0.497 e. The maximum atomic E-state index is 12.2. The lowest BCUT2D eigenvalue weighted by molar-refractivity contribution is 0.0474. The van der Waals surface area contributed by atoms with E-state index in [1.165, 1.54) is 6.07 Å². The number of hydrogen-bond donors (Lipinski definition) is 0. The van der Waals surface area contributed by atoms with Crippen molar-refractivity contribution in [2.24, 2.45) is 0 Å². The predicted molar refractivity (Wildman–Crippen MR) is 94.3 cm³/mol. The first kappa shape index (κ1) is 17.0. The SMILES string of the molecule is COc1ccc(C(=O)OCc2cc(=O)oc3cc(C)c(Cl)cc23)cc1. The molecule has 0 radical (unpaired) electrons. The molecule has 2 aromatic carbocycles. The standard InChI is InChI=1S/C19H15ClO5/c1-11-7-17-15(9-16(11)20)13(8-18(21)25-17)10-24-19(22)12-3-5-14(23-2)6-4-12/h3-9H,10H2,1-2H3. The van der Waals surface area contributed by atoms with E-state index in [4.69, 9.17) is 25.5 Å². The molecule has 0 amide bonds. The van der Waals surface area contributed by atoms with Crippen LogP contribution in [0.4, 0.5) is 0 Å². The van der Waals surface area contributed by atoms with Crippen molar-refractivity contribution in [3.8, 4) is 5.75 Å². The minimum atomic E-state index is -0.510. The smallest absolute Gasteiger partial charge is 0.338 e. The number of carbonyl (C=O) groups excluding carboxylic acids is 1. The van der Waals surface area contributed by atoms with Crippen LogP contribution in [0.25, 0.3) is 11.0 Å². The van der Waals surface area contributed by atoms with Gasteiger partial charge in [-0.15, -0.1) is 0 Å². The van der Waals surface area contributed by atoms with E-state index in [2.05, 4.69) is 0 Å². The van der Waals surface area contributed by atoms with Crippen LogP contribution in [0.15, 0.2) is 51.7 Å². The highest BCUT2D eigenvalue weighted by molar-refractivity contribution is 6.32. The minimum absolute atomic E-state index is 0.0631. The second-order valence-corrected chi connectivity index (χ2v) is 5.90. The van der Waals surface area contributed by atoms with Gasteiger partial charge < -0.3 is 13.9 Å². The Labute approximate surface area is 148 Å². The Balaban J connectivity index is 1.86. The minimum Gasteiger partial charge on any atom is -0.497 e. The van der Waals surface area contributed by atoms with E-state index >= 15 is 0 Å². The van der Waals surface area contributed by atoms with Crippen LogP contribution in [-0.4, -0.2) is 13.1 Å². The van der Waals surface area contributed by atoms with Crippen molar-refractivity contribution in [2.75, 3.05) is 7.11 Å². The second-order valence-electron chi connectivity index (χ2n) is 5.49. The van der Waals surface area contributed by atoms with Crippen molar-refractivity contribution in [2.45, 2.75) is 13.5 Å². The molecule has 1 aromatic heterocycles. The summed E-state index contributed by atoms with van der Waals surface area (Å²) in [5.41, 5.74) is 1.62. The summed E-state index contributed by atoms with van der Waals surface area (Å²) in [4.78, 5) is 23.9. The van der Waals surface area contributed by atoms with Crippen LogP contribution in [0.5, 0.6) is 5.75 Å². The highest BCUT2D eigenvalue weighted by Gasteiger charge is 2.12. The van der Waals surface area contributed by atoms with Crippen LogP contribution in [-0.2, 0) is 11.3 Å². The third-order valence-corrected chi connectivity index (χ3v) is 4.20. The highest BCUT2D eigenvalue weighted by atomic mass is 35.5. The van der Waals surface area contributed by atoms with E-state index in [1.807, 2.05) is 6.92 Å². The number of ether oxygens (including phenoxy) is 2. The van der Waals surface area contributed by atoms with Crippen molar-refractivity contribution in [3.05, 3.63) is 74.6 Å². The zero-order valence-corrected chi connectivity index (χ0v) is 14.4. The van der Waals surface area contributed by atoms with Crippen LogP contribution in [0, 0.1) is 6.92 Å². The highest BCUT2D eigenvalue weighted by Crippen LogP contribution is 2.25. The Hall–Kier alpha value is -2.79. The summed E-state index contributed by atoms with van der Waals surface area (Å²) in [6.45, 7) is 1.75. The normalized spacial score (nSPS) is 10.7. The van der Waals surface area contributed by atoms with Crippen molar-refractivity contribution < 1.29 is 18.7 Å². The first-order valence-electron chi connectivity index (χ1n) is 7.52. The molecule has 6 heteroatoms. The van der Waals surface area contributed by atoms with Gasteiger partial charge in [0.05, 0.1) is 12.7 Å². The van der Waals surface area contributed by atoms with Gasteiger partial charge in [0.2, 0.25) is 0 Å². The number of rotatable bonds is 4. The third-order valence-electron chi connectivity index (χ3n) is 3.79. The molecule has 0 aliphatic heterocycles. The lowest BCUT2D eigenvalue weighted by Gasteiger charge is -2.09. The summed E-state index contributed by atoms with van der Waals surface area (Å²) in [6, 6.07) is 11.3. The molecule has 0 aliphatic rings. The van der Waals surface area contributed by atoms with E-state index in [0.717, 1.165) is 5.56 Å². The average Bonchev–Trinajstić information content (AvgIpc) is 2.61. The number of hydrogen-bond acceptors (Lipinski definition) is 5. The number of benzene rings is 2. The monoisotopic (exact) mass is 358 g/mol. The molecule has 1 heterocycles. The zero-order chi connectivity index (χ0) is 18.0. The van der Waals surface area contributed by atoms with Gasteiger partial charge in [-0.25, -0.2) is 9.59 Å². The molecule has 0 bridgehead atoms. The fourth-order valence-corrected chi connectivity index (χ4v) is 2.59. The van der Waals surface area contributed by atoms with Gasteiger partial charge in [-0.1, -0.05) is 11.6 Å². The van der Waals surface area contributed by atoms with E-state index in [9.17, 15) is 9.59 Å². The molecule has 5 nitrogen and oxygen atoms in total. The Morgan fingerprint density at radius 2 is 1.88 bits per heavy atom. The lowest BCUT2D eigenvalue weighted by atomic mass is 10.1. The van der Waals surface area contributed by atoms with Gasteiger partial charge in [0, 0.05) is 22.0 Å². The fraction of sp³-hybridized carbons (Fsp3) is 0.158. The quantitative estimate of drug-likeness (QED) is 0.518. The van der Waals surface area contributed by atoms with Crippen molar-refractivity contribution >= 4 is 28.5 Å². The summed E-state index contributed by atoms with van der Waals surface area (Å²) in [6.07, 6.45) is 0. The Bertz CT molecular complexity index is 989. The molecule has 0 aliphatic carbocycles. The van der Waals surface area contributed by atoms with Crippen molar-refractivity contribution in [1.82, 2.24) is 0 Å². The number of aryl methyl sites for hydroxylation is 1. The number of fused-ring (bicyclic) bond motifs is 1. The van der Waals surface area contributed by atoms with E-state index in [-0.39, 0.29) is 6.61 Å². The van der Waals surface area contributed by atoms with Gasteiger partial charge in [0.1, 0.15) is 17.9 Å². The summed E-state index contributed by atoms with van der Waals surface area (Å²) in [5.74, 6) is 0.149. The van der Waals surface area contributed by atoms with Gasteiger partial charge in [-0.2, -0.15) is 0 Å². The van der Waals surface area contributed by atoms with Crippen LogP contribution < -0.4 is 10.4 Å². The summed E-state index contributed by atoms with van der Waals surface area (Å²) in [7, 11) is 1.55. The van der Waals surface area contributed by atoms with Gasteiger partial charge >= 0.3 is 11.6 Å². The zero-order valence-electron chi connectivity index (χ0n) is 13.7. The van der Waals surface area contributed by atoms with Crippen LogP contribution in [0.2, 0.25) is 5.02 Å². The Kier molecular flexibility index (Phi) is 4.76. The van der Waals surface area contributed by atoms with Crippen molar-refractivity contribution in [1.29, 1.82) is 0 Å². The van der Waals surface area contributed by atoms with Gasteiger partial charge in [-0.3, -0.25) is 0 Å². The third kappa shape index (κ3) is 3.67. The Morgan fingerprint density at radius 3 is 2.56 bits per heavy atom. The molecule has 0 fully saturated rings. The molecule has 3 rings (SSSR count). The predicted octanol–water partition coefficient (Wildman–Crippen LogP) is 4.12. The number of halogens is 1. The molecule has 0 saturated carbocycles. The van der Waals surface area contributed by atoms with Gasteiger partial charge in [-0.05, 0) is 48.9 Å².